The van der Waals surface area contributed by atoms with E-state index in [1.54, 1.807) is 0 Å². The third-order valence-corrected chi connectivity index (χ3v) is 1.74. The van der Waals surface area contributed by atoms with Crippen LogP contribution in [0.15, 0.2) is 0 Å². The van der Waals surface area contributed by atoms with Gasteiger partial charge in [-0.2, -0.15) is 0 Å². The van der Waals surface area contributed by atoms with Gasteiger partial charge in [-0.05, 0) is 6.42 Å². The summed E-state index contributed by atoms with van der Waals surface area (Å²) < 4.78 is 0. The summed E-state index contributed by atoms with van der Waals surface area (Å²) in [5.74, 6) is -0.666. The number of carboxylic acid groups (broad SMARTS) is 1. The van der Waals surface area contributed by atoms with Crippen LogP contribution in [0.3, 0.4) is 0 Å². The number of hydrogen-bond acceptors (Lipinski definition) is 1. The van der Waals surface area contributed by atoms with Gasteiger partial charge in [-0.1, -0.05) is 39.0 Å². The van der Waals surface area contributed by atoms with Crippen LogP contribution in [-0.4, -0.2) is 11.1 Å². The largest absolute Gasteiger partial charge is 0.481 e. The number of aliphatic carboxylic acids is 1. The molecular weight excluding hydrogens is 149 g/mol. The second-order valence-corrected chi connectivity index (χ2v) is 2.91. The first-order valence-electron chi connectivity index (χ1n) is 4.49. The van der Waals surface area contributed by atoms with E-state index in [2.05, 4.69) is 6.92 Å². The highest BCUT2D eigenvalue weighted by atomic mass is 16.5. The van der Waals surface area contributed by atoms with Crippen molar-refractivity contribution in [1.82, 2.24) is 0 Å². The predicted molar refractivity (Wildman–Crippen MR) is 45.6 cm³/mol. The van der Waals surface area contributed by atoms with Crippen LogP contribution in [0, 0.1) is 0 Å². The van der Waals surface area contributed by atoms with Crippen LogP contribution in [0.4, 0.5) is 0 Å². The molecule has 2 heteroatoms. The molecule has 0 radical (unpaired) electrons. The van der Waals surface area contributed by atoms with Crippen LogP contribution in [0.5, 0.6) is 0 Å². The summed E-state index contributed by atoms with van der Waals surface area (Å²) in [7, 11) is 0. The first-order chi connectivity index (χ1) is 5.27. The van der Waals surface area contributed by atoms with Gasteiger partial charge in [0, 0.05) is 6.42 Å². The Morgan fingerprint density at radius 2 is 1.64 bits per heavy atom. The van der Waals surface area contributed by atoms with Crippen molar-refractivity contribution in [1.29, 1.82) is 0 Å². The van der Waals surface area contributed by atoms with Crippen molar-refractivity contribution in [2.45, 2.75) is 51.9 Å². The van der Waals surface area contributed by atoms with Gasteiger partial charge >= 0.3 is 5.97 Å². The Balaban J connectivity index is 2.85. The Morgan fingerprint density at radius 1 is 1.09 bits per heavy atom. The molecule has 0 aliphatic rings. The van der Waals surface area contributed by atoms with Crippen LogP contribution >= 0.6 is 0 Å². The highest BCUT2D eigenvalue weighted by molar-refractivity contribution is 5.66. The summed E-state index contributed by atoms with van der Waals surface area (Å²) >= 11 is 0. The average molecular weight is 167 g/mol. The summed E-state index contributed by atoms with van der Waals surface area (Å²) in [5.41, 5.74) is 0. The average Bonchev–Trinajstić information content (AvgIpc) is 1.96. The van der Waals surface area contributed by atoms with Gasteiger partial charge < -0.3 is 5.11 Å². The molecule has 0 heterocycles. The number of carboxylic acids is 1. The highest BCUT2D eigenvalue weighted by Crippen LogP contribution is 2.06. The number of rotatable bonds is 7. The zero-order valence-electron chi connectivity index (χ0n) is 7.31. The first-order valence-corrected chi connectivity index (χ1v) is 4.49. The molecule has 0 aliphatic carbocycles. The van der Waals surface area contributed by atoms with Crippen molar-refractivity contribution in [3.63, 3.8) is 0 Å². The second-order valence-electron chi connectivity index (χ2n) is 2.91. The third-order valence-electron chi connectivity index (χ3n) is 1.74. The molecule has 2 nitrogen and oxygen atoms in total. The molecule has 0 aromatic rings. The molecule has 0 aromatic heterocycles. The van der Waals surface area contributed by atoms with E-state index in [-0.39, 0.29) is 0 Å². The fourth-order valence-corrected chi connectivity index (χ4v) is 1.06. The Labute approximate surface area is 68.6 Å². The quantitative estimate of drug-likeness (QED) is 0.467. The smallest absolute Gasteiger partial charge is 0.303 e. The van der Waals surface area contributed by atoms with Gasteiger partial charge in [0.05, 0.1) is 0 Å². The molecule has 0 bridgehead atoms. The van der Waals surface area contributed by atoms with Gasteiger partial charge in [-0.15, -0.1) is 0 Å². The minimum Gasteiger partial charge on any atom is -0.481 e. The van der Waals surface area contributed by atoms with Gasteiger partial charge in [-0.25, -0.2) is 0 Å². The SMILES string of the molecule is [13CH3][13CH2][13CH2][13CH2][13CH2][13CH2][13CH2][13CH2][13C](=O)O. The third kappa shape index (κ3) is 9.47. The standard InChI is InChI=1S/C9H18O2/c1-2-3-4-5-6-7-8-9(10)11/h2-8H2,1H3,(H,10,11)/i1+1,2+1,3+1,4+1,5+1,6+1,7+1,8+1,9+1. The second kappa shape index (κ2) is 7.58. The molecular formula is C9H18O2. The maximum Gasteiger partial charge on any atom is 0.303 e. The zero-order chi connectivity index (χ0) is 8.53. The fraction of sp³-hybridized carbons (Fsp3) is 0.889. The Bertz CT molecular complexity index is 99.7. The van der Waals surface area contributed by atoms with Crippen molar-refractivity contribution < 1.29 is 9.90 Å². The Hall–Kier alpha value is -0.530. The highest BCUT2D eigenvalue weighted by Gasteiger charge is 1.95. The van der Waals surface area contributed by atoms with E-state index in [9.17, 15) is 4.79 Å². The molecule has 0 spiro atoms. The number of carbonyl (C=O) groups is 1. The van der Waals surface area contributed by atoms with Crippen LogP contribution in [0.1, 0.15) is 51.9 Å². The maximum atomic E-state index is 10.1. The topological polar surface area (TPSA) is 37.3 Å². The minimum atomic E-state index is -0.666. The first kappa shape index (κ1) is 10.5. The summed E-state index contributed by atoms with van der Waals surface area (Å²) in [6.07, 6.45) is 7.25. The summed E-state index contributed by atoms with van der Waals surface area (Å²) in [5, 5.41) is 8.32. The van der Waals surface area contributed by atoms with E-state index in [1.807, 2.05) is 0 Å². The fourth-order valence-electron chi connectivity index (χ4n) is 1.06. The van der Waals surface area contributed by atoms with Crippen LogP contribution in [-0.2, 0) is 4.79 Å². The Kier molecular flexibility index (Phi) is 7.21. The molecule has 66 valence electrons. The van der Waals surface area contributed by atoms with Gasteiger partial charge in [0.1, 0.15) is 0 Å². The van der Waals surface area contributed by atoms with Crippen LogP contribution in [0.25, 0.3) is 0 Å². The van der Waals surface area contributed by atoms with Crippen LogP contribution in [0.2, 0.25) is 0 Å². The molecule has 0 aromatic carbocycles. The van der Waals surface area contributed by atoms with Crippen molar-refractivity contribution in [3.05, 3.63) is 0 Å². The van der Waals surface area contributed by atoms with Crippen molar-refractivity contribution in [2.75, 3.05) is 0 Å². The van der Waals surface area contributed by atoms with E-state index >= 15 is 0 Å². The summed E-state index contributed by atoms with van der Waals surface area (Å²) in [4.78, 5) is 10.1. The molecule has 0 unspecified atom stereocenters. The van der Waals surface area contributed by atoms with Crippen molar-refractivity contribution in [3.8, 4) is 0 Å². The van der Waals surface area contributed by atoms with E-state index in [4.69, 9.17) is 5.11 Å². The van der Waals surface area contributed by atoms with E-state index in [1.165, 1.54) is 25.7 Å². The Morgan fingerprint density at radius 3 is 2.18 bits per heavy atom. The minimum absolute atomic E-state index is 0.339. The number of hydrogen-bond donors (Lipinski definition) is 1. The molecule has 0 saturated carbocycles. The molecule has 0 aliphatic heterocycles. The van der Waals surface area contributed by atoms with Gasteiger partial charge in [0.15, 0.2) is 0 Å². The molecule has 0 atom stereocenters. The molecule has 0 saturated heterocycles. The maximum absolute atomic E-state index is 10.1. The zero-order valence-corrected chi connectivity index (χ0v) is 7.31. The van der Waals surface area contributed by atoms with Crippen LogP contribution < -0.4 is 0 Å². The van der Waals surface area contributed by atoms with Crippen molar-refractivity contribution >= 4 is 5.97 Å². The van der Waals surface area contributed by atoms with Crippen molar-refractivity contribution in [2.24, 2.45) is 0 Å². The van der Waals surface area contributed by atoms with Gasteiger partial charge in [0.25, 0.3) is 0 Å². The lowest BCUT2D eigenvalue weighted by Gasteiger charge is -1.97. The molecule has 0 amide bonds. The molecule has 0 rings (SSSR count). The normalized spacial score (nSPS) is 9.91. The lowest BCUT2D eigenvalue weighted by molar-refractivity contribution is -0.137. The molecule has 1 N–H and O–H groups in total. The predicted octanol–water partition coefficient (Wildman–Crippen LogP) is 2.82. The molecule has 11 heavy (non-hydrogen) atoms. The van der Waals surface area contributed by atoms with E-state index < -0.39 is 5.97 Å². The summed E-state index contributed by atoms with van der Waals surface area (Å²) in [6, 6.07) is 0. The monoisotopic (exact) mass is 167 g/mol. The van der Waals surface area contributed by atoms with Gasteiger partial charge in [-0.3, -0.25) is 4.79 Å². The van der Waals surface area contributed by atoms with Gasteiger partial charge in [0.2, 0.25) is 0 Å². The lowest BCUT2D eigenvalue weighted by Crippen LogP contribution is -1.93. The summed E-state index contributed by atoms with van der Waals surface area (Å²) in [6.45, 7) is 2.18. The number of unbranched alkanes of at least 4 members (excludes halogenated alkanes) is 5. The lowest BCUT2D eigenvalue weighted by atomic mass is 11.1. The molecule has 0 fully saturated rings. The van der Waals surface area contributed by atoms with E-state index in [0.717, 1.165) is 12.8 Å². The van der Waals surface area contributed by atoms with E-state index in [0.29, 0.717) is 6.42 Å².